The largest absolute Gasteiger partial charge is 0.331 e. The van der Waals surface area contributed by atoms with Crippen LogP contribution in [0.15, 0.2) is 12.1 Å². The predicted molar refractivity (Wildman–Crippen MR) is 81.8 cm³/mol. The molecule has 0 spiro atoms. The van der Waals surface area contributed by atoms with Gasteiger partial charge in [-0.15, -0.1) is 0 Å². The molecule has 1 aliphatic rings. The van der Waals surface area contributed by atoms with E-state index in [0.717, 1.165) is 29.9 Å². The summed E-state index contributed by atoms with van der Waals surface area (Å²) in [4.78, 5) is 3.16. The topological polar surface area (TPSA) is 20.7 Å². The molecule has 1 saturated carbocycles. The Morgan fingerprint density at radius 3 is 2.94 bits per heavy atom. The van der Waals surface area contributed by atoms with E-state index in [-0.39, 0.29) is 5.82 Å². The van der Waals surface area contributed by atoms with Gasteiger partial charge in [0, 0.05) is 12.6 Å². The van der Waals surface area contributed by atoms with Gasteiger partial charge < -0.3 is 9.55 Å². The number of imidazole rings is 1. The highest BCUT2D eigenvalue weighted by Gasteiger charge is 2.20. The first kappa shape index (κ1) is 12.6. The maximum Gasteiger partial charge on any atom is 0.178 e. The molecule has 0 radical (unpaired) electrons. The molecule has 1 heterocycles. The molecule has 2 aromatic rings. The van der Waals surface area contributed by atoms with Gasteiger partial charge in [-0.2, -0.15) is 0 Å². The SMILES string of the molecule is Fc1cc2c(cc1I)[nH]c(=S)n2CCCC1CC1. The number of halogens is 2. The van der Waals surface area contributed by atoms with Gasteiger partial charge >= 0.3 is 0 Å². The molecular formula is C13H14FIN2S. The van der Waals surface area contributed by atoms with Crippen LogP contribution in [0.3, 0.4) is 0 Å². The van der Waals surface area contributed by atoms with Crippen LogP contribution < -0.4 is 0 Å². The van der Waals surface area contributed by atoms with Gasteiger partial charge in [0.1, 0.15) is 5.82 Å². The van der Waals surface area contributed by atoms with E-state index in [4.69, 9.17) is 12.2 Å². The molecule has 0 amide bonds. The van der Waals surface area contributed by atoms with Crippen molar-refractivity contribution in [3.63, 3.8) is 0 Å². The summed E-state index contributed by atoms with van der Waals surface area (Å²) < 4.78 is 17.0. The average molecular weight is 376 g/mol. The van der Waals surface area contributed by atoms with Crippen LogP contribution in [0.5, 0.6) is 0 Å². The first-order chi connectivity index (χ1) is 8.65. The average Bonchev–Trinajstić information content (AvgIpc) is 3.09. The smallest absolute Gasteiger partial charge is 0.178 e. The lowest BCUT2D eigenvalue weighted by molar-refractivity contribution is 0.580. The molecule has 5 heteroatoms. The number of hydrogen-bond acceptors (Lipinski definition) is 1. The molecule has 0 unspecified atom stereocenters. The van der Waals surface area contributed by atoms with Gasteiger partial charge in [-0.05, 0) is 59.6 Å². The summed E-state index contributed by atoms with van der Waals surface area (Å²) in [5.74, 6) is 0.759. The number of benzene rings is 1. The zero-order valence-corrected chi connectivity index (χ0v) is 12.9. The Labute approximate surface area is 124 Å². The third-order valence-electron chi connectivity index (χ3n) is 3.51. The van der Waals surface area contributed by atoms with Crippen LogP contribution in [0, 0.1) is 20.1 Å². The van der Waals surface area contributed by atoms with Gasteiger partial charge in [-0.1, -0.05) is 12.8 Å². The zero-order valence-electron chi connectivity index (χ0n) is 9.88. The van der Waals surface area contributed by atoms with Crippen LogP contribution in [0.25, 0.3) is 11.0 Å². The Kier molecular flexibility index (Phi) is 3.44. The Morgan fingerprint density at radius 2 is 2.22 bits per heavy atom. The Morgan fingerprint density at radius 1 is 1.44 bits per heavy atom. The number of fused-ring (bicyclic) bond motifs is 1. The number of hydrogen-bond donors (Lipinski definition) is 1. The van der Waals surface area contributed by atoms with Crippen LogP contribution in [0.4, 0.5) is 4.39 Å². The summed E-state index contributed by atoms with van der Waals surface area (Å²) in [7, 11) is 0. The van der Waals surface area contributed by atoms with E-state index in [0.29, 0.717) is 8.34 Å². The quantitative estimate of drug-likeness (QED) is 0.610. The minimum atomic E-state index is -0.173. The molecule has 96 valence electrons. The Bertz CT molecular complexity index is 642. The van der Waals surface area contributed by atoms with Gasteiger partial charge in [-0.3, -0.25) is 0 Å². The Balaban J connectivity index is 1.91. The number of rotatable bonds is 4. The second kappa shape index (κ2) is 4.92. The van der Waals surface area contributed by atoms with E-state index >= 15 is 0 Å². The number of nitrogens with zero attached hydrogens (tertiary/aromatic N) is 1. The van der Waals surface area contributed by atoms with Crippen molar-refractivity contribution in [3.05, 3.63) is 26.3 Å². The van der Waals surface area contributed by atoms with Crippen LogP contribution >= 0.6 is 34.8 Å². The second-order valence-corrected chi connectivity index (χ2v) is 6.50. The fourth-order valence-electron chi connectivity index (χ4n) is 2.32. The number of aryl methyl sites for hydroxylation is 1. The minimum Gasteiger partial charge on any atom is -0.331 e. The maximum atomic E-state index is 13.6. The minimum absolute atomic E-state index is 0.173. The monoisotopic (exact) mass is 376 g/mol. The highest BCUT2D eigenvalue weighted by Crippen LogP contribution is 2.33. The standard InChI is InChI=1S/C13H14FIN2S/c14-9-6-12-11(7-10(9)15)16-13(18)17(12)5-1-2-8-3-4-8/h6-8H,1-5H2,(H,16,18). The van der Waals surface area contributed by atoms with Crippen molar-refractivity contribution in [2.45, 2.75) is 32.2 Å². The fraction of sp³-hybridized carbons (Fsp3) is 0.462. The summed E-state index contributed by atoms with van der Waals surface area (Å²) in [5.41, 5.74) is 1.81. The normalized spacial score (nSPS) is 15.4. The lowest BCUT2D eigenvalue weighted by atomic mass is 10.2. The Hall–Kier alpha value is -0.430. The molecular weight excluding hydrogens is 362 g/mol. The van der Waals surface area contributed by atoms with Gasteiger partial charge in [0.15, 0.2) is 4.77 Å². The molecule has 1 fully saturated rings. The van der Waals surface area contributed by atoms with Gasteiger partial charge in [0.25, 0.3) is 0 Å². The summed E-state index contributed by atoms with van der Waals surface area (Å²) in [6.07, 6.45) is 5.15. The van der Waals surface area contributed by atoms with Crippen molar-refractivity contribution in [1.29, 1.82) is 0 Å². The van der Waals surface area contributed by atoms with Crippen LogP contribution in [0.2, 0.25) is 0 Å². The number of H-pyrrole nitrogens is 1. The van der Waals surface area contributed by atoms with Crippen molar-refractivity contribution in [2.75, 3.05) is 0 Å². The highest BCUT2D eigenvalue weighted by molar-refractivity contribution is 14.1. The lowest BCUT2D eigenvalue weighted by Crippen LogP contribution is -1.99. The maximum absolute atomic E-state index is 13.6. The summed E-state index contributed by atoms with van der Waals surface area (Å²) >= 11 is 7.32. The van der Waals surface area contributed by atoms with Crippen molar-refractivity contribution in [1.82, 2.24) is 9.55 Å². The van der Waals surface area contributed by atoms with Crippen molar-refractivity contribution < 1.29 is 4.39 Å². The van der Waals surface area contributed by atoms with E-state index in [1.165, 1.54) is 19.3 Å². The highest BCUT2D eigenvalue weighted by atomic mass is 127. The molecule has 2 nitrogen and oxygen atoms in total. The number of aromatic nitrogens is 2. The number of aromatic amines is 1. The van der Waals surface area contributed by atoms with E-state index in [9.17, 15) is 4.39 Å². The van der Waals surface area contributed by atoms with E-state index < -0.39 is 0 Å². The lowest BCUT2D eigenvalue weighted by Gasteiger charge is -2.04. The van der Waals surface area contributed by atoms with E-state index in [1.807, 2.05) is 33.2 Å². The van der Waals surface area contributed by atoms with Gasteiger partial charge in [0.05, 0.1) is 14.6 Å². The summed E-state index contributed by atoms with van der Waals surface area (Å²) in [6.45, 7) is 0.884. The van der Waals surface area contributed by atoms with Gasteiger partial charge in [0.2, 0.25) is 0 Å². The third kappa shape index (κ3) is 2.47. The molecule has 0 atom stereocenters. The number of nitrogens with one attached hydrogen (secondary N) is 1. The summed E-state index contributed by atoms with van der Waals surface area (Å²) in [5, 5.41) is 0. The molecule has 1 aromatic carbocycles. The van der Waals surface area contributed by atoms with Crippen LogP contribution in [-0.4, -0.2) is 9.55 Å². The van der Waals surface area contributed by atoms with Crippen molar-refractivity contribution >= 4 is 45.8 Å². The van der Waals surface area contributed by atoms with E-state index in [1.54, 1.807) is 6.07 Å². The van der Waals surface area contributed by atoms with Gasteiger partial charge in [-0.25, -0.2) is 4.39 Å². The second-order valence-electron chi connectivity index (χ2n) is 4.95. The molecule has 3 rings (SSSR count). The first-order valence-corrected chi connectivity index (χ1v) is 7.71. The van der Waals surface area contributed by atoms with Crippen molar-refractivity contribution in [3.8, 4) is 0 Å². The first-order valence-electron chi connectivity index (χ1n) is 6.22. The molecule has 0 saturated heterocycles. The third-order valence-corrected chi connectivity index (χ3v) is 4.66. The fourth-order valence-corrected chi connectivity index (χ4v) is 3.09. The molecule has 1 aliphatic carbocycles. The molecule has 1 aromatic heterocycles. The zero-order chi connectivity index (χ0) is 12.7. The van der Waals surface area contributed by atoms with Crippen molar-refractivity contribution in [2.24, 2.45) is 5.92 Å². The molecule has 0 bridgehead atoms. The molecule has 0 aliphatic heterocycles. The van der Waals surface area contributed by atoms with E-state index in [2.05, 4.69) is 4.98 Å². The molecule has 1 N–H and O–H groups in total. The predicted octanol–water partition coefficient (Wildman–Crippen LogP) is 4.63. The van der Waals surface area contributed by atoms with Crippen LogP contribution in [-0.2, 0) is 6.54 Å². The molecule has 18 heavy (non-hydrogen) atoms. The van der Waals surface area contributed by atoms with Crippen LogP contribution in [0.1, 0.15) is 25.7 Å². The summed E-state index contributed by atoms with van der Waals surface area (Å²) in [6, 6.07) is 3.40.